The summed E-state index contributed by atoms with van der Waals surface area (Å²) in [6.45, 7) is 3.54. The second-order valence-electron chi connectivity index (χ2n) is 3.59. The van der Waals surface area contributed by atoms with Gasteiger partial charge in [0.1, 0.15) is 16.2 Å². The van der Waals surface area contributed by atoms with Crippen LogP contribution in [0.15, 0.2) is 28.9 Å². The first-order chi connectivity index (χ1) is 7.56. The summed E-state index contributed by atoms with van der Waals surface area (Å²) in [4.78, 5) is 8.38. The van der Waals surface area contributed by atoms with Gasteiger partial charge in [0, 0.05) is 5.56 Å². The molecule has 2 rings (SSSR count). The molecule has 0 aliphatic heterocycles. The van der Waals surface area contributed by atoms with Gasteiger partial charge in [0.2, 0.25) is 0 Å². The van der Waals surface area contributed by atoms with Gasteiger partial charge in [-0.15, -0.1) is 0 Å². The van der Waals surface area contributed by atoms with E-state index in [0.29, 0.717) is 16.0 Å². The third kappa shape index (κ3) is 2.27. The van der Waals surface area contributed by atoms with E-state index in [4.69, 9.17) is 0 Å². The fraction of sp³-hybridized carbons (Fsp3) is 0.167. The highest BCUT2D eigenvalue weighted by Crippen LogP contribution is 2.22. The molecule has 82 valence electrons. The van der Waals surface area contributed by atoms with E-state index in [1.807, 2.05) is 6.07 Å². The molecule has 0 atom stereocenters. The molecule has 16 heavy (non-hydrogen) atoms. The molecule has 1 aromatic carbocycles. The smallest absolute Gasteiger partial charge is 0.127 e. The second kappa shape index (κ2) is 4.29. The number of halogens is 2. The molecule has 0 saturated carbocycles. The van der Waals surface area contributed by atoms with E-state index in [0.717, 1.165) is 11.3 Å². The molecule has 0 N–H and O–H groups in total. The van der Waals surface area contributed by atoms with E-state index in [1.165, 1.54) is 6.07 Å². The molecule has 0 aliphatic rings. The predicted octanol–water partition coefficient (Wildman–Crippen LogP) is 3.66. The number of nitrogens with zero attached hydrogens (tertiary/aromatic N) is 2. The monoisotopic (exact) mass is 280 g/mol. The second-order valence-corrected chi connectivity index (χ2v) is 4.40. The van der Waals surface area contributed by atoms with Gasteiger partial charge in [-0.25, -0.2) is 14.4 Å². The minimum Gasteiger partial charge on any atom is -0.233 e. The molecule has 0 fully saturated rings. The zero-order valence-electron chi connectivity index (χ0n) is 8.96. The van der Waals surface area contributed by atoms with Crippen molar-refractivity contribution >= 4 is 15.9 Å². The van der Waals surface area contributed by atoms with Crippen LogP contribution < -0.4 is 0 Å². The van der Waals surface area contributed by atoms with Gasteiger partial charge in [-0.05, 0) is 47.5 Å². The minimum atomic E-state index is -0.218. The molecule has 2 nitrogen and oxygen atoms in total. The molecule has 4 heteroatoms. The topological polar surface area (TPSA) is 25.8 Å². The van der Waals surface area contributed by atoms with Crippen molar-refractivity contribution in [1.82, 2.24) is 9.97 Å². The van der Waals surface area contributed by atoms with Crippen molar-refractivity contribution in [3.05, 3.63) is 46.1 Å². The van der Waals surface area contributed by atoms with Crippen LogP contribution in [0.4, 0.5) is 4.39 Å². The summed E-state index contributed by atoms with van der Waals surface area (Å²) in [7, 11) is 0. The molecule has 0 saturated heterocycles. The van der Waals surface area contributed by atoms with E-state index in [-0.39, 0.29) is 5.82 Å². The number of aromatic nitrogens is 2. The van der Waals surface area contributed by atoms with Crippen molar-refractivity contribution in [2.24, 2.45) is 0 Å². The van der Waals surface area contributed by atoms with Crippen LogP contribution in [0.2, 0.25) is 0 Å². The van der Waals surface area contributed by atoms with Gasteiger partial charge in [-0.2, -0.15) is 0 Å². The molecule has 2 aromatic rings. The molecule has 1 aromatic heterocycles. The minimum absolute atomic E-state index is 0.218. The van der Waals surface area contributed by atoms with Crippen molar-refractivity contribution in [1.29, 1.82) is 0 Å². The van der Waals surface area contributed by atoms with Crippen LogP contribution in [0.3, 0.4) is 0 Å². The van der Waals surface area contributed by atoms with Crippen LogP contribution in [0.1, 0.15) is 11.4 Å². The molecule has 1 heterocycles. The third-order valence-electron chi connectivity index (χ3n) is 2.27. The van der Waals surface area contributed by atoms with Crippen LogP contribution in [0, 0.1) is 19.7 Å². The van der Waals surface area contributed by atoms with Crippen LogP contribution in [0.25, 0.3) is 11.3 Å². The predicted molar refractivity (Wildman–Crippen MR) is 64.6 cm³/mol. The third-order valence-corrected chi connectivity index (χ3v) is 2.68. The van der Waals surface area contributed by atoms with Gasteiger partial charge >= 0.3 is 0 Å². The molecular formula is C12H10BrFN2. The fourth-order valence-electron chi connectivity index (χ4n) is 1.43. The zero-order valence-corrected chi connectivity index (χ0v) is 10.5. The summed E-state index contributed by atoms with van der Waals surface area (Å²) in [6.07, 6.45) is 0. The van der Waals surface area contributed by atoms with Gasteiger partial charge in [-0.1, -0.05) is 12.1 Å². The normalized spacial score (nSPS) is 10.5. The number of hydrogen-bond donors (Lipinski definition) is 0. The van der Waals surface area contributed by atoms with Crippen molar-refractivity contribution < 1.29 is 4.39 Å². The van der Waals surface area contributed by atoms with Crippen LogP contribution in [-0.2, 0) is 0 Å². The number of rotatable bonds is 1. The molecule has 0 aliphatic carbocycles. The Bertz CT molecular complexity index is 520. The van der Waals surface area contributed by atoms with Crippen molar-refractivity contribution in [3.63, 3.8) is 0 Å². The van der Waals surface area contributed by atoms with Crippen LogP contribution in [-0.4, -0.2) is 9.97 Å². The maximum absolute atomic E-state index is 13.4. The molecular weight excluding hydrogens is 271 g/mol. The Hall–Kier alpha value is -1.29. The summed E-state index contributed by atoms with van der Waals surface area (Å²) in [5, 5.41) is 0. The lowest BCUT2D eigenvalue weighted by molar-refractivity contribution is 0.619. The SMILES string of the molecule is Cc1nc(Br)cc(-c2ccc(C)c(F)c2)n1. The highest BCUT2D eigenvalue weighted by molar-refractivity contribution is 9.10. The maximum atomic E-state index is 13.4. The number of benzene rings is 1. The Kier molecular flexibility index (Phi) is 3.01. The largest absolute Gasteiger partial charge is 0.233 e. The van der Waals surface area contributed by atoms with Crippen molar-refractivity contribution in [2.45, 2.75) is 13.8 Å². The summed E-state index contributed by atoms with van der Waals surface area (Å²) >= 11 is 3.30. The summed E-state index contributed by atoms with van der Waals surface area (Å²) in [5.41, 5.74) is 2.11. The zero-order chi connectivity index (χ0) is 11.7. The lowest BCUT2D eigenvalue weighted by Crippen LogP contribution is -1.93. The molecule has 0 radical (unpaired) electrons. The summed E-state index contributed by atoms with van der Waals surface area (Å²) in [5.74, 6) is 0.440. The van der Waals surface area contributed by atoms with Gasteiger partial charge in [-0.3, -0.25) is 0 Å². The highest BCUT2D eigenvalue weighted by Gasteiger charge is 2.05. The Labute approximate surface area is 102 Å². The lowest BCUT2D eigenvalue weighted by atomic mass is 10.1. The van der Waals surface area contributed by atoms with E-state index in [1.54, 1.807) is 26.0 Å². The highest BCUT2D eigenvalue weighted by atomic mass is 79.9. The van der Waals surface area contributed by atoms with Crippen LogP contribution in [0.5, 0.6) is 0 Å². The maximum Gasteiger partial charge on any atom is 0.127 e. The number of aryl methyl sites for hydroxylation is 2. The Morgan fingerprint density at radius 3 is 2.50 bits per heavy atom. The van der Waals surface area contributed by atoms with Gasteiger partial charge in [0.25, 0.3) is 0 Å². The fourth-order valence-corrected chi connectivity index (χ4v) is 1.90. The van der Waals surface area contributed by atoms with Gasteiger partial charge in [0.05, 0.1) is 5.69 Å². The Morgan fingerprint density at radius 2 is 1.88 bits per heavy atom. The molecule has 0 spiro atoms. The van der Waals surface area contributed by atoms with E-state index >= 15 is 0 Å². The first-order valence-electron chi connectivity index (χ1n) is 4.84. The van der Waals surface area contributed by atoms with E-state index < -0.39 is 0 Å². The lowest BCUT2D eigenvalue weighted by Gasteiger charge is -2.04. The van der Waals surface area contributed by atoms with Crippen LogP contribution >= 0.6 is 15.9 Å². The van der Waals surface area contributed by atoms with Gasteiger partial charge in [0.15, 0.2) is 0 Å². The Morgan fingerprint density at radius 1 is 1.12 bits per heavy atom. The quantitative estimate of drug-likeness (QED) is 0.745. The summed E-state index contributed by atoms with van der Waals surface area (Å²) < 4.78 is 14.1. The first-order valence-corrected chi connectivity index (χ1v) is 5.63. The first kappa shape index (κ1) is 11.2. The standard InChI is InChI=1S/C12H10BrFN2/c1-7-3-4-9(5-10(7)14)11-6-12(13)16-8(2)15-11/h3-6H,1-2H3. The molecule has 0 bridgehead atoms. The Balaban J connectivity index is 2.54. The average molecular weight is 281 g/mol. The number of hydrogen-bond acceptors (Lipinski definition) is 2. The van der Waals surface area contributed by atoms with Crippen molar-refractivity contribution in [2.75, 3.05) is 0 Å². The van der Waals surface area contributed by atoms with Crippen molar-refractivity contribution in [3.8, 4) is 11.3 Å². The molecule has 0 unspecified atom stereocenters. The summed E-state index contributed by atoms with van der Waals surface area (Å²) in [6, 6.07) is 6.86. The van der Waals surface area contributed by atoms with Gasteiger partial charge < -0.3 is 0 Å². The molecule has 0 amide bonds. The van der Waals surface area contributed by atoms with E-state index in [2.05, 4.69) is 25.9 Å². The van der Waals surface area contributed by atoms with E-state index in [9.17, 15) is 4.39 Å². The average Bonchev–Trinajstić information content (AvgIpc) is 2.20.